The van der Waals surface area contributed by atoms with Crippen LogP contribution in [0.1, 0.15) is 30.1 Å². The summed E-state index contributed by atoms with van der Waals surface area (Å²) in [5, 5.41) is 10.5. The van der Waals surface area contributed by atoms with E-state index in [4.69, 9.17) is 0 Å². The fourth-order valence-electron chi connectivity index (χ4n) is 4.15. The topological polar surface area (TPSA) is 50.2 Å². The van der Waals surface area contributed by atoms with Crippen LogP contribution in [0, 0.1) is 6.92 Å². The minimum atomic E-state index is -0.0126. The number of hydrogen-bond donors (Lipinski definition) is 1. The molecule has 1 unspecified atom stereocenters. The van der Waals surface area contributed by atoms with Crippen LogP contribution in [0.25, 0.3) is 10.8 Å². The smallest absolute Gasteiger partial charge is 0.266 e. The van der Waals surface area contributed by atoms with Crippen molar-refractivity contribution in [3.63, 3.8) is 0 Å². The molecule has 0 radical (unpaired) electrons. The average molecular weight is 377 g/mol. The van der Waals surface area contributed by atoms with Crippen LogP contribution in [0.3, 0.4) is 0 Å². The van der Waals surface area contributed by atoms with E-state index in [1.54, 1.807) is 16.8 Å². The van der Waals surface area contributed by atoms with Crippen LogP contribution in [0.15, 0.2) is 59.4 Å². The molecule has 0 aliphatic carbocycles. The summed E-state index contributed by atoms with van der Waals surface area (Å²) < 4.78 is 1.59. The molecule has 1 fully saturated rings. The Bertz CT molecular complexity index is 992. The molecule has 5 nitrogen and oxygen atoms in total. The second-order valence-electron chi connectivity index (χ2n) is 7.57. The number of unbranched alkanes of at least 4 members (excludes halogenated alkanes) is 1. The monoisotopic (exact) mass is 376 g/mol. The van der Waals surface area contributed by atoms with Gasteiger partial charge in [0.05, 0.1) is 5.69 Å². The number of hydrogen-bond acceptors (Lipinski definition) is 4. The molecule has 0 amide bonds. The Morgan fingerprint density at radius 2 is 1.86 bits per heavy atom. The maximum atomic E-state index is 11.9. The van der Waals surface area contributed by atoms with Gasteiger partial charge in [0.1, 0.15) is 0 Å². The van der Waals surface area contributed by atoms with Crippen LogP contribution in [0.5, 0.6) is 0 Å². The molecule has 1 aliphatic rings. The minimum absolute atomic E-state index is 0.0126. The summed E-state index contributed by atoms with van der Waals surface area (Å²) in [7, 11) is 0. The van der Waals surface area contributed by atoms with E-state index in [0.29, 0.717) is 12.6 Å². The third kappa shape index (κ3) is 4.16. The molecule has 0 bridgehead atoms. The lowest BCUT2D eigenvalue weighted by Crippen LogP contribution is -2.46. The van der Waals surface area contributed by atoms with Gasteiger partial charge in [0.15, 0.2) is 0 Å². The Morgan fingerprint density at radius 3 is 2.79 bits per heavy atom. The van der Waals surface area contributed by atoms with Crippen molar-refractivity contribution in [1.29, 1.82) is 0 Å². The van der Waals surface area contributed by atoms with Gasteiger partial charge in [0.2, 0.25) is 0 Å². The molecule has 1 aromatic heterocycles. The first-order valence-electron chi connectivity index (χ1n) is 10.2. The summed E-state index contributed by atoms with van der Waals surface area (Å²) in [6.07, 6.45) is 2.02. The summed E-state index contributed by atoms with van der Waals surface area (Å²) in [4.78, 5) is 14.5. The molecule has 0 saturated carbocycles. The number of aromatic nitrogens is 2. The molecule has 1 saturated heterocycles. The van der Waals surface area contributed by atoms with Gasteiger partial charge in [-0.3, -0.25) is 9.69 Å². The Balaban J connectivity index is 1.43. The lowest BCUT2D eigenvalue weighted by atomic mass is 9.96. The van der Waals surface area contributed by atoms with Crippen molar-refractivity contribution in [2.75, 3.05) is 26.2 Å². The number of nitrogens with one attached hydrogen (secondary N) is 1. The fraction of sp³-hybridized carbons (Fsp3) is 0.391. The highest BCUT2D eigenvalue weighted by molar-refractivity contribution is 5.86. The van der Waals surface area contributed by atoms with Gasteiger partial charge < -0.3 is 5.32 Å². The molecule has 1 atom stereocenters. The summed E-state index contributed by atoms with van der Waals surface area (Å²) >= 11 is 0. The molecule has 28 heavy (non-hydrogen) atoms. The zero-order valence-corrected chi connectivity index (χ0v) is 16.5. The van der Waals surface area contributed by atoms with E-state index in [9.17, 15) is 4.79 Å². The predicted molar refractivity (Wildman–Crippen MR) is 114 cm³/mol. The van der Waals surface area contributed by atoms with E-state index >= 15 is 0 Å². The lowest BCUT2D eigenvalue weighted by molar-refractivity contribution is 0.159. The van der Waals surface area contributed by atoms with E-state index in [1.807, 2.05) is 6.92 Å². The Hall–Kier alpha value is -2.50. The molecular weight excluding hydrogens is 348 g/mol. The molecule has 2 heterocycles. The van der Waals surface area contributed by atoms with Crippen LogP contribution < -0.4 is 10.9 Å². The van der Waals surface area contributed by atoms with Crippen LogP contribution >= 0.6 is 0 Å². The number of aryl methyl sites for hydroxylation is 2. The highest BCUT2D eigenvalue weighted by atomic mass is 16.1. The van der Waals surface area contributed by atoms with E-state index in [-0.39, 0.29) is 5.56 Å². The zero-order chi connectivity index (χ0) is 19.3. The molecular formula is C23H28N4O. The molecule has 1 N–H and O–H groups in total. The third-order valence-electron chi connectivity index (χ3n) is 5.60. The van der Waals surface area contributed by atoms with E-state index in [2.05, 4.69) is 57.8 Å². The number of piperazine rings is 1. The van der Waals surface area contributed by atoms with Crippen LogP contribution in [-0.4, -0.2) is 40.9 Å². The Morgan fingerprint density at radius 1 is 1.04 bits per heavy atom. The van der Waals surface area contributed by atoms with Gasteiger partial charge in [0.25, 0.3) is 5.56 Å². The maximum absolute atomic E-state index is 11.9. The summed E-state index contributed by atoms with van der Waals surface area (Å²) in [6.45, 7) is 6.71. The normalized spacial score (nSPS) is 17.8. The van der Waals surface area contributed by atoms with Crippen LogP contribution in [0.2, 0.25) is 0 Å². The van der Waals surface area contributed by atoms with Crippen molar-refractivity contribution >= 4 is 10.8 Å². The first kappa shape index (κ1) is 18.8. The van der Waals surface area contributed by atoms with Gasteiger partial charge >= 0.3 is 0 Å². The third-order valence-corrected chi connectivity index (χ3v) is 5.60. The maximum Gasteiger partial charge on any atom is 0.266 e. The Kier molecular flexibility index (Phi) is 5.84. The van der Waals surface area contributed by atoms with Crippen molar-refractivity contribution in [3.05, 3.63) is 76.2 Å². The SMILES string of the molecule is Cc1ccc(=O)n(CCCCN2CCNCC2c2cccc3ccccc23)n1. The number of nitrogens with zero attached hydrogens (tertiary/aromatic N) is 3. The van der Waals surface area contributed by atoms with Crippen molar-refractivity contribution in [1.82, 2.24) is 20.0 Å². The highest BCUT2D eigenvalue weighted by Gasteiger charge is 2.24. The molecule has 0 spiro atoms. The molecule has 146 valence electrons. The van der Waals surface area contributed by atoms with Gasteiger partial charge in [-0.2, -0.15) is 5.10 Å². The number of fused-ring (bicyclic) bond motifs is 1. The van der Waals surface area contributed by atoms with E-state index < -0.39 is 0 Å². The largest absolute Gasteiger partial charge is 0.314 e. The van der Waals surface area contributed by atoms with Gasteiger partial charge in [-0.25, -0.2) is 4.68 Å². The quantitative estimate of drug-likeness (QED) is 0.672. The van der Waals surface area contributed by atoms with Crippen molar-refractivity contribution < 1.29 is 0 Å². The lowest BCUT2D eigenvalue weighted by Gasteiger charge is -2.37. The number of benzene rings is 2. The van der Waals surface area contributed by atoms with Crippen LogP contribution in [-0.2, 0) is 6.54 Å². The van der Waals surface area contributed by atoms with Gasteiger partial charge in [-0.05, 0) is 48.7 Å². The predicted octanol–water partition coefficient (Wildman–Crippen LogP) is 3.13. The van der Waals surface area contributed by atoms with Gasteiger partial charge in [-0.15, -0.1) is 0 Å². The van der Waals surface area contributed by atoms with Crippen molar-refractivity contribution in [2.45, 2.75) is 32.4 Å². The first-order valence-corrected chi connectivity index (χ1v) is 10.2. The Labute approximate surface area is 166 Å². The van der Waals surface area contributed by atoms with Crippen molar-refractivity contribution in [3.8, 4) is 0 Å². The minimum Gasteiger partial charge on any atom is -0.314 e. The molecule has 2 aromatic carbocycles. The van der Waals surface area contributed by atoms with E-state index in [0.717, 1.165) is 44.7 Å². The zero-order valence-electron chi connectivity index (χ0n) is 16.5. The summed E-state index contributed by atoms with van der Waals surface area (Å²) in [5.74, 6) is 0. The average Bonchev–Trinajstić information content (AvgIpc) is 2.73. The summed E-state index contributed by atoms with van der Waals surface area (Å²) in [5.41, 5.74) is 2.28. The van der Waals surface area contributed by atoms with E-state index in [1.165, 1.54) is 16.3 Å². The summed E-state index contributed by atoms with van der Waals surface area (Å²) in [6, 6.07) is 19.0. The fourth-order valence-corrected chi connectivity index (χ4v) is 4.15. The highest BCUT2D eigenvalue weighted by Crippen LogP contribution is 2.29. The van der Waals surface area contributed by atoms with Gasteiger partial charge in [0, 0.05) is 38.3 Å². The second kappa shape index (κ2) is 8.67. The second-order valence-corrected chi connectivity index (χ2v) is 7.57. The molecule has 3 aromatic rings. The molecule has 1 aliphatic heterocycles. The molecule has 5 heteroatoms. The molecule has 4 rings (SSSR count). The first-order chi connectivity index (χ1) is 13.7. The van der Waals surface area contributed by atoms with Gasteiger partial charge in [-0.1, -0.05) is 42.5 Å². The standard InChI is InChI=1S/C23H28N4O/c1-18-11-12-23(28)27(25-18)15-5-4-14-26-16-13-24-17-22(26)21-10-6-8-19-7-2-3-9-20(19)21/h2-3,6-12,22,24H,4-5,13-17H2,1H3. The van der Waals surface area contributed by atoms with Crippen molar-refractivity contribution in [2.24, 2.45) is 0 Å². The number of rotatable bonds is 6. The van der Waals surface area contributed by atoms with Crippen LogP contribution in [0.4, 0.5) is 0 Å².